The van der Waals surface area contributed by atoms with Crippen LogP contribution in [0.1, 0.15) is 68.6 Å². The summed E-state index contributed by atoms with van der Waals surface area (Å²) in [6, 6.07) is 6.87. The van der Waals surface area contributed by atoms with Crippen LogP contribution in [0.4, 0.5) is 0 Å². The Bertz CT molecular complexity index is 778. The predicted octanol–water partition coefficient (Wildman–Crippen LogP) is 3.87. The zero-order valence-electron chi connectivity index (χ0n) is 18.3. The average Bonchev–Trinajstić information content (AvgIpc) is 3.25. The lowest BCUT2D eigenvalue weighted by atomic mass is 9.53. The minimum absolute atomic E-state index is 0.0749. The van der Waals surface area contributed by atoms with Crippen molar-refractivity contribution < 1.29 is 23.8 Å². The van der Waals surface area contributed by atoms with E-state index in [4.69, 9.17) is 14.2 Å². The normalized spacial score (nSPS) is 34.4. The number of hydrogen-bond donors (Lipinski definition) is 1. The van der Waals surface area contributed by atoms with Gasteiger partial charge in [0.05, 0.1) is 11.7 Å². The van der Waals surface area contributed by atoms with E-state index in [-0.39, 0.29) is 17.6 Å². The molecule has 6 rings (SSSR count). The Balaban J connectivity index is 1.12. The van der Waals surface area contributed by atoms with Crippen molar-refractivity contribution in [2.75, 3.05) is 13.2 Å². The number of amides is 1. The number of nitrogens with one attached hydrogen (secondary N) is 1. The molecule has 4 saturated carbocycles. The van der Waals surface area contributed by atoms with E-state index < -0.39 is 12.1 Å². The van der Waals surface area contributed by atoms with Gasteiger partial charge in [0, 0.05) is 12.1 Å². The number of ether oxygens (including phenoxy) is 3. The molecule has 0 unspecified atom stereocenters. The van der Waals surface area contributed by atoms with Crippen LogP contribution in [0.3, 0.4) is 0 Å². The van der Waals surface area contributed by atoms with Crippen LogP contribution < -0.4 is 10.1 Å². The van der Waals surface area contributed by atoms with Crippen LogP contribution in [-0.2, 0) is 14.3 Å². The highest BCUT2D eigenvalue weighted by Crippen LogP contribution is 2.55. The Kier molecular flexibility index (Phi) is 5.67. The molecule has 4 aliphatic carbocycles. The van der Waals surface area contributed by atoms with Gasteiger partial charge in [0.15, 0.2) is 6.10 Å². The number of rotatable bonds is 7. The predicted molar refractivity (Wildman–Crippen MR) is 115 cm³/mol. The second kappa shape index (κ2) is 8.45. The summed E-state index contributed by atoms with van der Waals surface area (Å²) < 4.78 is 16.8. The molecule has 1 aromatic carbocycles. The first kappa shape index (κ1) is 20.8. The fourth-order valence-electron chi connectivity index (χ4n) is 6.56. The van der Waals surface area contributed by atoms with E-state index in [0.717, 1.165) is 56.5 Å². The summed E-state index contributed by atoms with van der Waals surface area (Å²) >= 11 is 0. The first-order valence-corrected chi connectivity index (χ1v) is 11.9. The minimum atomic E-state index is -0.809. The number of esters is 1. The van der Waals surface area contributed by atoms with E-state index in [1.165, 1.54) is 19.3 Å². The molecule has 5 fully saturated rings. The summed E-state index contributed by atoms with van der Waals surface area (Å²) in [5.41, 5.74) is 0.341. The second-order valence-electron chi connectivity index (χ2n) is 10.2. The summed E-state index contributed by atoms with van der Waals surface area (Å²) in [6.45, 7) is 2.98. The molecule has 1 heterocycles. The monoisotopic (exact) mass is 427 g/mol. The lowest BCUT2D eigenvalue weighted by Gasteiger charge is -2.57. The number of benzene rings is 1. The first-order chi connectivity index (χ1) is 15.0. The third-order valence-electron chi connectivity index (χ3n) is 7.63. The van der Waals surface area contributed by atoms with Crippen molar-refractivity contribution in [1.82, 2.24) is 5.32 Å². The van der Waals surface area contributed by atoms with Gasteiger partial charge < -0.3 is 19.5 Å². The van der Waals surface area contributed by atoms with Crippen molar-refractivity contribution in [1.29, 1.82) is 0 Å². The zero-order valence-corrected chi connectivity index (χ0v) is 18.3. The Morgan fingerprint density at radius 3 is 2.32 bits per heavy atom. The highest BCUT2D eigenvalue weighted by Gasteiger charge is 2.51. The van der Waals surface area contributed by atoms with E-state index in [9.17, 15) is 9.59 Å². The fourth-order valence-corrected chi connectivity index (χ4v) is 6.56. The summed E-state index contributed by atoms with van der Waals surface area (Å²) in [4.78, 5) is 25.4. The van der Waals surface area contributed by atoms with Gasteiger partial charge in [0.25, 0.3) is 5.91 Å². The average molecular weight is 428 g/mol. The van der Waals surface area contributed by atoms with E-state index in [0.29, 0.717) is 17.9 Å². The summed E-state index contributed by atoms with van der Waals surface area (Å²) in [7, 11) is 0. The van der Waals surface area contributed by atoms with Gasteiger partial charge in [-0.3, -0.25) is 4.79 Å². The SMILES string of the molecule is C[C@H](OC(=O)c1ccc(OC[C@@H]2CCCO2)cc1)C(=O)NC12CC3CC(CC(C3)C1)C2. The van der Waals surface area contributed by atoms with Crippen molar-refractivity contribution in [3.63, 3.8) is 0 Å². The first-order valence-electron chi connectivity index (χ1n) is 11.9. The Morgan fingerprint density at radius 2 is 1.74 bits per heavy atom. The number of hydrogen-bond acceptors (Lipinski definition) is 5. The molecule has 6 nitrogen and oxygen atoms in total. The standard InChI is InChI=1S/C25H33NO5/c1-16(23(27)26-25-12-17-9-18(13-25)11-19(10-17)14-25)31-24(28)20-4-6-21(7-5-20)30-15-22-3-2-8-29-22/h4-7,16-19,22H,2-3,8-15H2,1H3,(H,26,27)/t16-,17?,18?,19?,22-,25?/m0/s1. The third kappa shape index (κ3) is 4.59. The molecule has 0 spiro atoms. The van der Waals surface area contributed by atoms with Crippen LogP contribution >= 0.6 is 0 Å². The molecule has 1 saturated heterocycles. The van der Waals surface area contributed by atoms with Crippen LogP contribution in [0.5, 0.6) is 5.75 Å². The van der Waals surface area contributed by atoms with Crippen molar-refractivity contribution in [2.24, 2.45) is 17.8 Å². The minimum Gasteiger partial charge on any atom is -0.491 e. The van der Waals surface area contributed by atoms with Gasteiger partial charge in [0.2, 0.25) is 0 Å². The van der Waals surface area contributed by atoms with E-state index in [1.807, 2.05) is 0 Å². The summed E-state index contributed by atoms with van der Waals surface area (Å²) in [6.07, 6.45) is 8.67. The molecule has 5 aliphatic rings. The van der Waals surface area contributed by atoms with Crippen LogP contribution in [-0.4, -0.2) is 42.8 Å². The van der Waals surface area contributed by atoms with E-state index in [1.54, 1.807) is 31.2 Å². The Hall–Kier alpha value is -2.08. The van der Waals surface area contributed by atoms with Gasteiger partial charge in [-0.05, 0) is 100 Å². The van der Waals surface area contributed by atoms with Gasteiger partial charge >= 0.3 is 5.97 Å². The summed E-state index contributed by atoms with van der Waals surface area (Å²) in [5.74, 6) is 2.30. The van der Waals surface area contributed by atoms with Gasteiger partial charge in [-0.25, -0.2) is 4.79 Å². The molecule has 1 aromatic rings. The van der Waals surface area contributed by atoms with Crippen LogP contribution in [0.25, 0.3) is 0 Å². The van der Waals surface area contributed by atoms with Gasteiger partial charge in [-0.1, -0.05) is 0 Å². The van der Waals surface area contributed by atoms with Gasteiger partial charge in [-0.2, -0.15) is 0 Å². The second-order valence-corrected chi connectivity index (χ2v) is 10.2. The molecule has 31 heavy (non-hydrogen) atoms. The number of carbonyl (C=O) groups excluding carboxylic acids is 2. The molecule has 1 N–H and O–H groups in total. The van der Waals surface area contributed by atoms with Crippen LogP contribution in [0.15, 0.2) is 24.3 Å². The molecular weight excluding hydrogens is 394 g/mol. The maximum Gasteiger partial charge on any atom is 0.338 e. The molecule has 2 atom stereocenters. The molecule has 6 heteroatoms. The van der Waals surface area contributed by atoms with Crippen LogP contribution in [0.2, 0.25) is 0 Å². The highest BCUT2D eigenvalue weighted by molar-refractivity contribution is 5.92. The molecule has 1 amide bonds. The molecule has 168 valence electrons. The zero-order chi connectivity index (χ0) is 21.4. The molecule has 4 bridgehead atoms. The quantitative estimate of drug-likeness (QED) is 0.669. The molecule has 0 radical (unpaired) electrons. The maximum absolute atomic E-state index is 12.8. The van der Waals surface area contributed by atoms with Gasteiger partial charge in [-0.15, -0.1) is 0 Å². The smallest absolute Gasteiger partial charge is 0.338 e. The molecule has 0 aromatic heterocycles. The highest BCUT2D eigenvalue weighted by atomic mass is 16.5. The van der Waals surface area contributed by atoms with Crippen molar-refractivity contribution in [2.45, 2.75) is 76.0 Å². The third-order valence-corrected chi connectivity index (χ3v) is 7.63. The Labute approximate surface area is 184 Å². The van der Waals surface area contributed by atoms with Crippen molar-refractivity contribution in [3.8, 4) is 5.75 Å². The van der Waals surface area contributed by atoms with Crippen molar-refractivity contribution in [3.05, 3.63) is 29.8 Å². The largest absolute Gasteiger partial charge is 0.491 e. The van der Waals surface area contributed by atoms with E-state index in [2.05, 4.69) is 5.32 Å². The lowest BCUT2D eigenvalue weighted by Crippen LogP contribution is -2.61. The van der Waals surface area contributed by atoms with Gasteiger partial charge in [0.1, 0.15) is 12.4 Å². The summed E-state index contributed by atoms with van der Waals surface area (Å²) in [5, 5.41) is 3.29. The fraction of sp³-hybridized carbons (Fsp3) is 0.680. The lowest BCUT2D eigenvalue weighted by molar-refractivity contribution is -0.134. The number of carbonyl (C=O) groups is 2. The molecule has 1 aliphatic heterocycles. The maximum atomic E-state index is 12.8. The van der Waals surface area contributed by atoms with Crippen LogP contribution in [0, 0.1) is 17.8 Å². The Morgan fingerprint density at radius 1 is 1.10 bits per heavy atom. The van der Waals surface area contributed by atoms with Crippen molar-refractivity contribution >= 4 is 11.9 Å². The van der Waals surface area contributed by atoms with E-state index >= 15 is 0 Å². The molecular formula is C25H33NO5. The topological polar surface area (TPSA) is 73.9 Å².